The van der Waals surface area contributed by atoms with Gasteiger partial charge in [-0.05, 0) is 24.3 Å². The number of carboxylic acid groups (broad SMARTS) is 1. The Kier molecular flexibility index (Phi) is 3.88. The van der Waals surface area contributed by atoms with Crippen LogP contribution >= 0.6 is 0 Å². The highest BCUT2D eigenvalue weighted by molar-refractivity contribution is 5.67. The number of rotatable bonds is 5. The zero-order valence-electron chi connectivity index (χ0n) is 9.37. The summed E-state index contributed by atoms with van der Waals surface area (Å²) in [7, 11) is 0. The third-order valence-electron chi connectivity index (χ3n) is 2.07. The number of carboxylic acids is 1. The maximum Gasteiger partial charge on any atom is 0.304 e. The first-order valence-corrected chi connectivity index (χ1v) is 4.99. The first-order chi connectivity index (χ1) is 7.39. The van der Waals surface area contributed by atoms with Crippen molar-refractivity contribution in [2.45, 2.75) is 20.3 Å². The predicted octanol–water partition coefficient (Wildman–Crippen LogP) is 2.71. The second kappa shape index (κ2) is 4.96. The van der Waals surface area contributed by atoms with Crippen LogP contribution in [0.4, 0.5) is 4.39 Å². The van der Waals surface area contributed by atoms with E-state index >= 15 is 0 Å². The van der Waals surface area contributed by atoms with Crippen LogP contribution in [0.3, 0.4) is 0 Å². The largest absolute Gasteiger partial charge is 0.493 e. The summed E-state index contributed by atoms with van der Waals surface area (Å²) in [6.07, 6.45) is 0.0359. The monoisotopic (exact) mass is 226 g/mol. The standard InChI is InChI=1S/C12H15FO3/c1-12(2,7-11(14)15)8-16-10-5-3-9(13)4-6-10/h3-6H,7-8H2,1-2H3,(H,14,15). The summed E-state index contributed by atoms with van der Waals surface area (Å²) < 4.78 is 18.0. The van der Waals surface area contributed by atoms with Crippen molar-refractivity contribution in [3.05, 3.63) is 30.1 Å². The molecule has 0 saturated heterocycles. The Morgan fingerprint density at radius 3 is 2.44 bits per heavy atom. The van der Waals surface area contributed by atoms with E-state index in [9.17, 15) is 9.18 Å². The van der Waals surface area contributed by atoms with Crippen molar-refractivity contribution in [2.75, 3.05) is 6.61 Å². The van der Waals surface area contributed by atoms with E-state index < -0.39 is 11.4 Å². The molecule has 3 nitrogen and oxygen atoms in total. The van der Waals surface area contributed by atoms with Gasteiger partial charge in [0.2, 0.25) is 0 Å². The van der Waals surface area contributed by atoms with Crippen molar-refractivity contribution in [3.63, 3.8) is 0 Å². The Hall–Kier alpha value is -1.58. The number of halogens is 1. The molecule has 0 heterocycles. The molecule has 0 aliphatic carbocycles. The first kappa shape index (κ1) is 12.5. The Bertz CT molecular complexity index is 357. The zero-order valence-corrected chi connectivity index (χ0v) is 9.37. The molecule has 0 radical (unpaired) electrons. The minimum atomic E-state index is -0.854. The van der Waals surface area contributed by atoms with E-state index in [-0.39, 0.29) is 18.8 Å². The summed E-state index contributed by atoms with van der Waals surface area (Å²) in [5.41, 5.74) is -0.444. The lowest BCUT2D eigenvalue weighted by atomic mass is 9.91. The van der Waals surface area contributed by atoms with E-state index in [1.807, 2.05) is 13.8 Å². The molecule has 0 fully saturated rings. The van der Waals surface area contributed by atoms with Crippen LogP contribution in [0.5, 0.6) is 5.75 Å². The fourth-order valence-electron chi connectivity index (χ4n) is 1.27. The van der Waals surface area contributed by atoms with Crippen LogP contribution in [0.25, 0.3) is 0 Å². The first-order valence-electron chi connectivity index (χ1n) is 4.99. The van der Waals surface area contributed by atoms with Crippen molar-refractivity contribution in [2.24, 2.45) is 5.41 Å². The Balaban J connectivity index is 2.50. The van der Waals surface area contributed by atoms with Gasteiger partial charge >= 0.3 is 5.97 Å². The molecule has 0 aromatic heterocycles. The van der Waals surface area contributed by atoms with Crippen molar-refractivity contribution < 1.29 is 19.0 Å². The minimum absolute atomic E-state index is 0.0359. The van der Waals surface area contributed by atoms with E-state index in [0.717, 1.165) is 0 Å². The van der Waals surface area contributed by atoms with Gasteiger partial charge in [0.25, 0.3) is 0 Å². The van der Waals surface area contributed by atoms with Crippen molar-refractivity contribution >= 4 is 5.97 Å². The lowest BCUT2D eigenvalue weighted by molar-refractivity contribution is -0.139. The third kappa shape index (κ3) is 4.29. The molecular weight excluding hydrogens is 211 g/mol. The average Bonchev–Trinajstić information content (AvgIpc) is 2.15. The molecule has 1 N–H and O–H groups in total. The van der Waals surface area contributed by atoms with Crippen LogP contribution in [-0.4, -0.2) is 17.7 Å². The zero-order chi connectivity index (χ0) is 12.2. The highest BCUT2D eigenvalue weighted by atomic mass is 19.1. The molecule has 88 valence electrons. The molecule has 0 amide bonds. The molecule has 0 bridgehead atoms. The van der Waals surface area contributed by atoms with Gasteiger partial charge < -0.3 is 9.84 Å². The number of ether oxygens (including phenoxy) is 1. The summed E-state index contributed by atoms with van der Waals surface area (Å²) >= 11 is 0. The Morgan fingerprint density at radius 1 is 1.38 bits per heavy atom. The lowest BCUT2D eigenvalue weighted by Crippen LogP contribution is -2.24. The van der Waals surface area contributed by atoms with Gasteiger partial charge in [0.05, 0.1) is 13.0 Å². The smallest absolute Gasteiger partial charge is 0.304 e. The summed E-state index contributed by atoms with van der Waals surface area (Å²) in [5.74, 6) is -0.635. The summed E-state index contributed by atoms with van der Waals surface area (Å²) in [5, 5.41) is 8.68. The molecule has 4 heteroatoms. The highest BCUT2D eigenvalue weighted by Crippen LogP contribution is 2.22. The van der Waals surface area contributed by atoms with Gasteiger partial charge in [-0.15, -0.1) is 0 Å². The average molecular weight is 226 g/mol. The van der Waals surface area contributed by atoms with E-state index in [4.69, 9.17) is 9.84 Å². The normalized spacial score (nSPS) is 11.2. The van der Waals surface area contributed by atoms with Gasteiger partial charge in [-0.1, -0.05) is 13.8 Å². The van der Waals surface area contributed by atoms with Crippen LogP contribution in [0.1, 0.15) is 20.3 Å². The summed E-state index contributed by atoms with van der Waals surface area (Å²) in [6, 6.07) is 5.65. The summed E-state index contributed by atoms with van der Waals surface area (Å²) in [6.45, 7) is 3.90. The molecule has 16 heavy (non-hydrogen) atoms. The van der Waals surface area contributed by atoms with E-state index in [0.29, 0.717) is 5.75 Å². The number of hydrogen-bond acceptors (Lipinski definition) is 2. The Morgan fingerprint density at radius 2 is 1.94 bits per heavy atom. The van der Waals surface area contributed by atoms with E-state index in [1.54, 1.807) is 0 Å². The number of benzene rings is 1. The van der Waals surface area contributed by atoms with E-state index in [1.165, 1.54) is 24.3 Å². The maximum atomic E-state index is 12.6. The fraction of sp³-hybridized carbons (Fsp3) is 0.417. The molecule has 0 aliphatic heterocycles. The summed E-state index contributed by atoms with van der Waals surface area (Å²) in [4.78, 5) is 10.6. The number of hydrogen-bond donors (Lipinski definition) is 1. The molecule has 1 aromatic carbocycles. The molecule has 0 aliphatic rings. The van der Waals surface area contributed by atoms with Crippen LogP contribution in [0.15, 0.2) is 24.3 Å². The predicted molar refractivity (Wildman–Crippen MR) is 57.9 cm³/mol. The second-order valence-corrected chi connectivity index (χ2v) is 4.48. The maximum absolute atomic E-state index is 12.6. The van der Waals surface area contributed by atoms with Crippen LogP contribution in [0.2, 0.25) is 0 Å². The number of carbonyl (C=O) groups is 1. The molecule has 0 unspecified atom stereocenters. The third-order valence-corrected chi connectivity index (χ3v) is 2.07. The highest BCUT2D eigenvalue weighted by Gasteiger charge is 2.22. The molecule has 0 saturated carbocycles. The minimum Gasteiger partial charge on any atom is -0.493 e. The molecule has 0 atom stereocenters. The van der Waals surface area contributed by atoms with Crippen LogP contribution < -0.4 is 4.74 Å². The topological polar surface area (TPSA) is 46.5 Å². The molecule has 1 rings (SSSR count). The van der Waals surface area contributed by atoms with Crippen molar-refractivity contribution in [1.82, 2.24) is 0 Å². The Labute approximate surface area is 93.9 Å². The van der Waals surface area contributed by atoms with Gasteiger partial charge in [0.1, 0.15) is 11.6 Å². The molecule has 0 spiro atoms. The van der Waals surface area contributed by atoms with Crippen LogP contribution in [0, 0.1) is 11.2 Å². The van der Waals surface area contributed by atoms with Gasteiger partial charge in [-0.3, -0.25) is 4.79 Å². The van der Waals surface area contributed by atoms with E-state index in [2.05, 4.69) is 0 Å². The second-order valence-electron chi connectivity index (χ2n) is 4.48. The van der Waals surface area contributed by atoms with Gasteiger partial charge in [-0.2, -0.15) is 0 Å². The van der Waals surface area contributed by atoms with Gasteiger partial charge in [0, 0.05) is 5.41 Å². The van der Waals surface area contributed by atoms with Gasteiger partial charge in [-0.25, -0.2) is 4.39 Å². The number of aliphatic carboxylic acids is 1. The quantitative estimate of drug-likeness (QED) is 0.839. The van der Waals surface area contributed by atoms with Crippen LogP contribution in [-0.2, 0) is 4.79 Å². The van der Waals surface area contributed by atoms with Crippen molar-refractivity contribution in [1.29, 1.82) is 0 Å². The molecular formula is C12H15FO3. The fourth-order valence-corrected chi connectivity index (χ4v) is 1.27. The molecule has 1 aromatic rings. The SMILES string of the molecule is CC(C)(COc1ccc(F)cc1)CC(=O)O. The van der Waals surface area contributed by atoms with Crippen molar-refractivity contribution in [3.8, 4) is 5.75 Å². The lowest BCUT2D eigenvalue weighted by Gasteiger charge is -2.22. The van der Waals surface area contributed by atoms with Gasteiger partial charge in [0.15, 0.2) is 0 Å².